The number of hydrogen-bond donors (Lipinski definition) is 1. The minimum atomic E-state index is -0.657. The third kappa shape index (κ3) is 6.59. The standard InChI is InChI=1S/C20H36O3S/c1-2-3-4-9-14-23-15-17-16(18-12-13-19(17)24-18)10-7-5-6-8-11-20(21)22/h16-19H,2-15H2,1H3,(H,21,22)/t16-,17+,18-,19+/m1/s1. The molecule has 2 fully saturated rings. The summed E-state index contributed by atoms with van der Waals surface area (Å²) < 4.78 is 6.04. The van der Waals surface area contributed by atoms with Crippen LogP contribution in [0.5, 0.6) is 0 Å². The highest BCUT2D eigenvalue weighted by molar-refractivity contribution is 8.01. The van der Waals surface area contributed by atoms with Crippen molar-refractivity contribution < 1.29 is 14.6 Å². The zero-order valence-electron chi connectivity index (χ0n) is 15.4. The van der Waals surface area contributed by atoms with Gasteiger partial charge in [0.2, 0.25) is 0 Å². The smallest absolute Gasteiger partial charge is 0.303 e. The van der Waals surface area contributed by atoms with Gasteiger partial charge < -0.3 is 9.84 Å². The molecule has 24 heavy (non-hydrogen) atoms. The Morgan fingerprint density at radius 1 is 1.00 bits per heavy atom. The first-order valence-electron chi connectivity index (χ1n) is 10.2. The lowest BCUT2D eigenvalue weighted by Gasteiger charge is -2.29. The molecule has 0 radical (unpaired) electrons. The van der Waals surface area contributed by atoms with E-state index >= 15 is 0 Å². The van der Waals surface area contributed by atoms with Crippen molar-refractivity contribution in [1.29, 1.82) is 0 Å². The number of hydrogen-bond acceptors (Lipinski definition) is 3. The highest BCUT2D eigenvalue weighted by Gasteiger charge is 2.47. The van der Waals surface area contributed by atoms with Gasteiger partial charge in [-0.25, -0.2) is 0 Å². The fraction of sp³-hybridized carbons (Fsp3) is 0.950. The lowest BCUT2D eigenvalue weighted by molar-refractivity contribution is -0.137. The van der Waals surface area contributed by atoms with Crippen LogP contribution in [0.1, 0.15) is 84.0 Å². The maximum absolute atomic E-state index is 10.5. The van der Waals surface area contributed by atoms with Gasteiger partial charge >= 0.3 is 5.97 Å². The van der Waals surface area contributed by atoms with Crippen LogP contribution in [-0.2, 0) is 9.53 Å². The topological polar surface area (TPSA) is 46.5 Å². The predicted molar refractivity (Wildman–Crippen MR) is 102 cm³/mol. The van der Waals surface area contributed by atoms with Crippen LogP contribution in [0.25, 0.3) is 0 Å². The van der Waals surface area contributed by atoms with Gasteiger partial charge in [0.1, 0.15) is 0 Å². The molecule has 0 spiro atoms. The second kappa shape index (κ2) is 11.4. The van der Waals surface area contributed by atoms with E-state index in [1.165, 1.54) is 57.8 Å². The van der Waals surface area contributed by atoms with Crippen LogP contribution in [0.2, 0.25) is 0 Å². The molecule has 1 N–H and O–H groups in total. The van der Waals surface area contributed by atoms with Crippen LogP contribution in [0, 0.1) is 11.8 Å². The molecule has 140 valence electrons. The summed E-state index contributed by atoms with van der Waals surface area (Å²) in [4.78, 5) is 10.5. The zero-order valence-corrected chi connectivity index (χ0v) is 16.2. The van der Waals surface area contributed by atoms with Gasteiger partial charge in [0.25, 0.3) is 0 Å². The first kappa shape index (κ1) is 20.1. The monoisotopic (exact) mass is 356 g/mol. The van der Waals surface area contributed by atoms with E-state index in [9.17, 15) is 4.79 Å². The molecule has 0 amide bonds. The average Bonchev–Trinajstić information content (AvgIpc) is 3.15. The van der Waals surface area contributed by atoms with Crippen molar-refractivity contribution in [2.45, 2.75) is 94.5 Å². The number of carboxylic acids is 1. The average molecular weight is 357 g/mol. The Morgan fingerprint density at radius 2 is 1.71 bits per heavy atom. The SMILES string of the molecule is CCCCCCOC[C@H]1[C@@H](CCCCCCC(=O)O)[C@H]2CC[C@@H]1S2. The van der Waals surface area contributed by atoms with Gasteiger partial charge in [0.05, 0.1) is 6.61 Å². The fourth-order valence-electron chi connectivity index (χ4n) is 4.36. The summed E-state index contributed by atoms with van der Waals surface area (Å²) in [6.45, 7) is 4.17. The number of rotatable bonds is 14. The van der Waals surface area contributed by atoms with Crippen LogP contribution in [0.4, 0.5) is 0 Å². The third-order valence-electron chi connectivity index (χ3n) is 5.72. The molecule has 2 heterocycles. The molecule has 2 bridgehead atoms. The first-order chi connectivity index (χ1) is 11.7. The van der Waals surface area contributed by atoms with Crippen LogP contribution < -0.4 is 0 Å². The summed E-state index contributed by atoms with van der Waals surface area (Å²) in [5.41, 5.74) is 0. The van der Waals surface area contributed by atoms with E-state index in [1.807, 2.05) is 0 Å². The van der Waals surface area contributed by atoms with Gasteiger partial charge in [-0.3, -0.25) is 4.79 Å². The number of carboxylic acid groups (broad SMARTS) is 1. The quantitative estimate of drug-likeness (QED) is 0.416. The second-order valence-electron chi connectivity index (χ2n) is 7.60. The second-order valence-corrected chi connectivity index (χ2v) is 9.08. The van der Waals surface area contributed by atoms with Gasteiger partial charge in [0, 0.05) is 23.5 Å². The molecule has 2 aliphatic heterocycles. The van der Waals surface area contributed by atoms with E-state index in [4.69, 9.17) is 9.84 Å². The van der Waals surface area contributed by atoms with Crippen molar-refractivity contribution in [3.8, 4) is 0 Å². The molecule has 0 unspecified atom stereocenters. The number of ether oxygens (including phenoxy) is 1. The van der Waals surface area contributed by atoms with E-state index in [2.05, 4.69) is 18.7 Å². The summed E-state index contributed by atoms with van der Waals surface area (Å²) in [5, 5.41) is 10.4. The largest absolute Gasteiger partial charge is 0.481 e. The van der Waals surface area contributed by atoms with E-state index in [-0.39, 0.29) is 0 Å². The number of thioether (sulfide) groups is 1. The molecule has 4 heteroatoms. The van der Waals surface area contributed by atoms with Gasteiger partial charge in [0.15, 0.2) is 0 Å². The Hall–Kier alpha value is -0.220. The Labute approximate surface area is 152 Å². The lowest BCUT2D eigenvalue weighted by Crippen LogP contribution is -2.31. The summed E-state index contributed by atoms with van der Waals surface area (Å²) in [7, 11) is 0. The van der Waals surface area contributed by atoms with E-state index in [0.717, 1.165) is 48.4 Å². The van der Waals surface area contributed by atoms with E-state index in [1.54, 1.807) is 0 Å². The van der Waals surface area contributed by atoms with Gasteiger partial charge in [-0.05, 0) is 43.9 Å². The molecular formula is C20H36O3S. The Kier molecular flexibility index (Phi) is 9.55. The Balaban J connectivity index is 1.59. The molecule has 0 aliphatic carbocycles. The summed E-state index contributed by atoms with van der Waals surface area (Å²) in [6, 6.07) is 0. The normalized spacial score (nSPS) is 28.5. The van der Waals surface area contributed by atoms with Crippen molar-refractivity contribution >= 4 is 17.7 Å². The molecule has 0 aromatic rings. The van der Waals surface area contributed by atoms with Gasteiger partial charge in [-0.1, -0.05) is 45.4 Å². The molecule has 2 rings (SSSR count). The molecular weight excluding hydrogens is 320 g/mol. The Bertz CT molecular complexity index is 361. The molecule has 2 aliphatic rings. The molecule has 3 nitrogen and oxygen atoms in total. The minimum absolute atomic E-state index is 0.332. The summed E-state index contributed by atoms with van der Waals surface area (Å²) >= 11 is 2.23. The van der Waals surface area contributed by atoms with Crippen LogP contribution in [-0.4, -0.2) is 34.8 Å². The first-order valence-corrected chi connectivity index (χ1v) is 11.1. The minimum Gasteiger partial charge on any atom is -0.481 e. The number of unbranched alkanes of at least 4 members (excludes halogenated alkanes) is 6. The predicted octanol–water partition coefficient (Wildman–Crippen LogP) is 5.52. The lowest BCUT2D eigenvalue weighted by atomic mass is 9.77. The number of fused-ring (bicyclic) bond motifs is 2. The zero-order chi connectivity index (χ0) is 17.2. The molecule has 4 atom stereocenters. The molecule has 0 saturated carbocycles. The fourth-order valence-corrected chi connectivity index (χ4v) is 6.38. The van der Waals surface area contributed by atoms with Crippen molar-refractivity contribution in [3.05, 3.63) is 0 Å². The maximum atomic E-state index is 10.5. The van der Waals surface area contributed by atoms with Crippen molar-refractivity contribution in [2.75, 3.05) is 13.2 Å². The van der Waals surface area contributed by atoms with E-state index < -0.39 is 5.97 Å². The van der Waals surface area contributed by atoms with Crippen LogP contribution in [0.3, 0.4) is 0 Å². The van der Waals surface area contributed by atoms with Crippen LogP contribution in [0.15, 0.2) is 0 Å². The Morgan fingerprint density at radius 3 is 2.46 bits per heavy atom. The van der Waals surface area contributed by atoms with Crippen molar-refractivity contribution in [3.63, 3.8) is 0 Å². The molecule has 0 aromatic carbocycles. The van der Waals surface area contributed by atoms with Crippen molar-refractivity contribution in [1.82, 2.24) is 0 Å². The highest BCUT2D eigenvalue weighted by Crippen LogP contribution is 2.54. The third-order valence-corrected chi connectivity index (χ3v) is 7.59. The van der Waals surface area contributed by atoms with Crippen molar-refractivity contribution in [2.24, 2.45) is 11.8 Å². The van der Waals surface area contributed by atoms with Gasteiger partial charge in [-0.15, -0.1) is 0 Å². The molecule has 0 aromatic heterocycles. The van der Waals surface area contributed by atoms with E-state index in [0.29, 0.717) is 6.42 Å². The van der Waals surface area contributed by atoms with Gasteiger partial charge in [-0.2, -0.15) is 11.8 Å². The highest BCUT2D eigenvalue weighted by atomic mass is 32.2. The van der Waals surface area contributed by atoms with Crippen LogP contribution >= 0.6 is 11.8 Å². The number of carbonyl (C=O) groups is 1. The maximum Gasteiger partial charge on any atom is 0.303 e. The molecule has 2 saturated heterocycles. The summed E-state index contributed by atoms with van der Waals surface area (Å²) in [5.74, 6) is 0.971. The number of aliphatic carboxylic acids is 1. The summed E-state index contributed by atoms with van der Waals surface area (Å²) in [6.07, 6.45) is 14.0.